The minimum absolute atomic E-state index is 0.127. The lowest BCUT2D eigenvalue weighted by atomic mass is 10.1. The van der Waals surface area contributed by atoms with Gasteiger partial charge in [0.05, 0.1) is 16.3 Å². The van der Waals surface area contributed by atoms with Crippen LogP contribution in [0.4, 0.5) is 10.8 Å². The average molecular weight is 502 g/mol. The van der Waals surface area contributed by atoms with Gasteiger partial charge in [-0.2, -0.15) is 0 Å². The number of amides is 2. The lowest BCUT2D eigenvalue weighted by molar-refractivity contribution is -0.113. The number of carbonyl (C=O) groups is 2. The van der Waals surface area contributed by atoms with Gasteiger partial charge in [0.15, 0.2) is 5.13 Å². The van der Waals surface area contributed by atoms with Crippen molar-refractivity contribution >= 4 is 67.8 Å². The first kappa shape index (κ1) is 22.3. The van der Waals surface area contributed by atoms with Crippen LogP contribution < -0.4 is 10.6 Å². The molecule has 0 aliphatic carbocycles. The molecule has 2 aromatic heterocycles. The van der Waals surface area contributed by atoms with Gasteiger partial charge in [0.2, 0.25) is 5.91 Å². The second-order valence-corrected chi connectivity index (χ2v) is 10.3. The first-order valence-corrected chi connectivity index (χ1v) is 13.2. The van der Waals surface area contributed by atoms with Crippen LogP contribution in [0.5, 0.6) is 0 Å². The number of hydrogen-bond donors (Lipinski definition) is 2. The van der Waals surface area contributed by atoms with Crippen molar-refractivity contribution in [2.45, 2.75) is 4.90 Å². The first-order chi connectivity index (χ1) is 16.6. The summed E-state index contributed by atoms with van der Waals surface area (Å²) in [6.45, 7) is 0. The van der Waals surface area contributed by atoms with Gasteiger partial charge in [0, 0.05) is 21.5 Å². The maximum Gasteiger partial charge on any atom is 0.265 e. The van der Waals surface area contributed by atoms with E-state index in [4.69, 9.17) is 0 Å². The van der Waals surface area contributed by atoms with Crippen LogP contribution >= 0.6 is 34.4 Å². The van der Waals surface area contributed by atoms with E-state index in [1.165, 1.54) is 39.8 Å². The zero-order valence-corrected chi connectivity index (χ0v) is 20.3. The van der Waals surface area contributed by atoms with Crippen LogP contribution in [0.15, 0.2) is 94.5 Å². The van der Waals surface area contributed by atoms with Crippen LogP contribution in [0, 0.1) is 0 Å². The summed E-state index contributed by atoms with van der Waals surface area (Å²) < 4.78 is 0. The molecule has 8 heteroatoms. The Morgan fingerprint density at radius 2 is 1.74 bits per heavy atom. The molecule has 0 radical (unpaired) electrons. The van der Waals surface area contributed by atoms with Crippen molar-refractivity contribution in [3.8, 4) is 11.3 Å². The second kappa shape index (κ2) is 10.2. The van der Waals surface area contributed by atoms with Crippen molar-refractivity contribution in [1.82, 2.24) is 4.98 Å². The molecule has 168 valence electrons. The monoisotopic (exact) mass is 501 g/mol. The third-order valence-electron chi connectivity index (χ3n) is 5.00. The number of thioether (sulfide) groups is 1. The Morgan fingerprint density at radius 3 is 2.59 bits per heavy atom. The van der Waals surface area contributed by atoms with Crippen molar-refractivity contribution < 1.29 is 9.59 Å². The predicted octanol–water partition coefficient (Wildman–Crippen LogP) is 7.01. The van der Waals surface area contributed by atoms with Gasteiger partial charge >= 0.3 is 0 Å². The standard InChI is InChI=1S/C26H19N3O2S3/c30-24(16-33-21-8-3-7-20(14-21)27-25(31)23-9-4-12-32-23)29-26-28-22(15-34-26)19-11-10-17-5-1-2-6-18(17)13-19/h1-15H,16H2,(H,27,31)(H,28,29,30). The zero-order chi connectivity index (χ0) is 23.3. The minimum atomic E-state index is -0.138. The van der Waals surface area contributed by atoms with Crippen molar-refractivity contribution in [3.05, 3.63) is 94.5 Å². The van der Waals surface area contributed by atoms with Gasteiger partial charge in [-0.05, 0) is 46.5 Å². The largest absolute Gasteiger partial charge is 0.321 e. The molecule has 2 amide bonds. The summed E-state index contributed by atoms with van der Waals surface area (Å²) in [7, 11) is 0. The molecular formula is C26H19N3O2S3. The van der Waals surface area contributed by atoms with Gasteiger partial charge in [0.1, 0.15) is 0 Å². The van der Waals surface area contributed by atoms with Crippen molar-refractivity contribution in [2.75, 3.05) is 16.4 Å². The van der Waals surface area contributed by atoms with E-state index in [-0.39, 0.29) is 17.6 Å². The number of hydrogen-bond acceptors (Lipinski definition) is 6. The van der Waals surface area contributed by atoms with Crippen molar-refractivity contribution in [2.24, 2.45) is 0 Å². The van der Waals surface area contributed by atoms with Crippen molar-refractivity contribution in [1.29, 1.82) is 0 Å². The number of anilines is 2. The van der Waals surface area contributed by atoms with Crippen LogP contribution in [0.1, 0.15) is 9.67 Å². The molecule has 2 heterocycles. The number of carbonyl (C=O) groups excluding carboxylic acids is 2. The molecule has 0 aliphatic rings. The summed E-state index contributed by atoms with van der Waals surface area (Å²) in [5.74, 6) is -0.0222. The number of fused-ring (bicyclic) bond motifs is 1. The number of nitrogens with one attached hydrogen (secondary N) is 2. The fourth-order valence-electron chi connectivity index (χ4n) is 3.38. The number of rotatable bonds is 7. The van der Waals surface area contributed by atoms with Crippen LogP contribution in [0.3, 0.4) is 0 Å². The molecule has 5 aromatic rings. The molecule has 5 nitrogen and oxygen atoms in total. The lowest BCUT2D eigenvalue weighted by Gasteiger charge is -2.07. The van der Waals surface area contributed by atoms with Gasteiger partial charge in [-0.3, -0.25) is 9.59 Å². The van der Waals surface area contributed by atoms with Gasteiger partial charge in [0.25, 0.3) is 5.91 Å². The van der Waals surface area contributed by atoms with Gasteiger partial charge < -0.3 is 10.6 Å². The second-order valence-electron chi connectivity index (χ2n) is 7.40. The number of nitrogens with zero attached hydrogens (tertiary/aromatic N) is 1. The minimum Gasteiger partial charge on any atom is -0.321 e. The Morgan fingerprint density at radius 1 is 0.853 bits per heavy atom. The quantitative estimate of drug-likeness (QED) is 0.235. The summed E-state index contributed by atoms with van der Waals surface area (Å²) in [4.78, 5) is 30.9. The van der Waals surface area contributed by atoms with E-state index >= 15 is 0 Å². The van der Waals surface area contributed by atoms with E-state index in [1.54, 1.807) is 6.07 Å². The summed E-state index contributed by atoms with van der Waals surface area (Å²) >= 11 is 4.21. The molecule has 0 aliphatic heterocycles. The highest BCUT2D eigenvalue weighted by atomic mass is 32.2. The fraction of sp³-hybridized carbons (Fsp3) is 0.0385. The molecule has 0 unspecified atom stereocenters. The highest BCUT2D eigenvalue weighted by molar-refractivity contribution is 8.00. The number of thiazole rings is 1. The molecule has 5 rings (SSSR count). The third-order valence-corrected chi connectivity index (χ3v) is 7.62. The maximum absolute atomic E-state index is 12.5. The molecule has 0 saturated heterocycles. The highest BCUT2D eigenvalue weighted by Crippen LogP contribution is 2.28. The van der Waals surface area contributed by atoms with E-state index in [0.29, 0.717) is 15.7 Å². The van der Waals surface area contributed by atoms with Gasteiger partial charge in [-0.15, -0.1) is 34.4 Å². The van der Waals surface area contributed by atoms with E-state index in [2.05, 4.69) is 39.9 Å². The summed E-state index contributed by atoms with van der Waals surface area (Å²) in [5.41, 5.74) is 2.56. The summed E-state index contributed by atoms with van der Waals surface area (Å²) in [6.07, 6.45) is 0. The molecule has 0 saturated carbocycles. The van der Waals surface area contributed by atoms with E-state index in [9.17, 15) is 9.59 Å². The van der Waals surface area contributed by atoms with E-state index < -0.39 is 0 Å². The molecule has 3 aromatic carbocycles. The van der Waals surface area contributed by atoms with E-state index in [0.717, 1.165) is 21.5 Å². The summed E-state index contributed by atoms with van der Waals surface area (Å²) in [5, 5.41) is 12.5. The molecule has 2 N–H and O–H groups in total. The zero-order valence-electron chi connectivity index (χ0n) is 17.9. The highest BCUT2D eigenvalue weighted by Gasteiger charge is 2.11. The smallest absolute Gasteiger partial charge is 0.265 e. The topological polar surface area (TPSA) is 71.1 Å². The van der Waals surface area contributed by atoms with Gasteiger partial charge in [-0.25, -0.2) is 4.98 Å². The van der Waals surface area contributed by atoms with E-state index in [1.807, 2.05) is 59.3 Å². The van der Waals surface area contributed by atoms with Crippen LogP contribution in [-0.2, 0) is 4.79 Å². The SMILES string of the molecule is O=C(CSc1cccc(NC(=O)c2cccs2)c1)Nc1nc(-c2ccc3ccccc3c2)cs1. The number of benzene rings is 3. The Hall–Kier alpha value is -3.46. The van der Waals surface area contributed by atoms with Crippen molar-refractivity contribution in [3.63, 3.8) is 0 Å². The molecule has 0 atom stereocenters. The first-order valence-electron chi connectivity index (χ1n) is 10.5. The average Bonchev–Trinajstić information content (AvgIpc) is 3.56. The van der Waals surface area contributed by atoms with Crippen LogP contribution in [0.2, 0.25) is 0 Å². The fourth-order valence-corrected chi connectivity index (χ4v) is 5.49. The Balaban J connectivity index is 1.17. The Bertz CT molecular complexity index is 1460. The Kier molecular flexibility index (Phi) is 6.71. The maximum atomic E-state index is 12.5. The number of thiophene rings is 1. The molecular weight excluding hydrogens is 483 g/mol. The lowest BCUT2D eigenvalue weighted by Crippen LogP contribution is -2.14. The predicted molar refractivity (Wildman–Crippen MR) is 143 cm³/mol. The molecule has 0 bridgehead atoms. The van der Waals surface area contributed by atoms with Crippen LogP contribution in [-0.4, -0.2) is 22.6 Å². The Labute approximate surface area is 208 Å². The summed E-state index contributed by atoms with van der Waals surface area (Å²) in [6, 6.07) is 25.5. The molecule has 0 fully saturated rings. The van der Waals surface area contributed by atoms with Gasteiger partial charge in [-0.1, -0.05) is 48.5 Å². The molecule has 34 heavy (non-hydrogen) atoms. The number of aromatic nitrogens is 1. The normalized spacial score (nSPS) is 10.8. The third kappa shape index (κ3) is 5.36. The molecule has 0 spiro atoms. The van der Waals surface area contributed by atoms with Crippen LogP contribution in [0.25, 0.3) is 22.0 Å².